The molecule has 2 N–H and O–H groups in total. The van der Waals surface area contributed by atoms with E-state index in [1.54, 1.807) is 24.8 Å². The van der Waals surface area contributed by atoms with Crippen molar-refractivity contribution in [3.8, 4) is 22.5 Å². The van der Waals surface area contributed by atoms with E-state index in [4.69, 9.17) is 9.90 Å². The van der Waals surface area contributed by atoms with Crippen molar-refractivity contribution in [1.82, 2.24) is 24.8 Å². The number of aromatic nitrogens is 4. The maximum absolute atomic E-state index is 12.2. The second-order valence-corrected chi connectivity index (χ2v) is 6.81. The minimum absolute atomic E-state index is 0.0286. The maximum Gasteiger partial charge on any atom is 0.490 e. The van der Waals surface area contributed by atoms with Crippen molar-refractivity contribution in [1.29, 1.82) is 0 Å². The fourth-order valence-corrected chi connectivity index (χ4v) is 2.56. The van der Waals surface area contributed by atoms with Crippen LogP contribution in [0.1, 0.15) is 23.3 Å². The number of pyridine rings is 1. The zero-order valence-corrected chi connectivity index (χ0v) is 16.3. The van der Waals surface area contributed by atoms with E-state index < -0.39 is 12.1 Å². The van der Waals surface area contributed by atoms with Crippen LogP contribution in [0.4, 0.5) is 13.2 Å². The summed E-state index contributed by atoms with van der Waals surface area (Å²) in [7, 11) is 1.87. The molecule has 1 fully saturated rings. The minimum atomic E-state index is -5.08. The highest BCUT2D eigenvalue weighted by Gasteiger charge is 2.38. The van der Waals surface area contributed by atoms with Gasteiger partial charge in [0.25, 0.3) is 5.91 Å². The fourth-order valence-electron chi connectivity index (χ4n) is 2.56. The largest absolute Gasteiger partial charge is 0.490 e. The van der Waals surface area contributed by atoms with Crippen LogP contribution in [0.3, 0.4) is 0 Å². The van der Waals surface area contributed by atoms with Crippen molar-refractivity contribution in [3.05, 3.63) is 54.9 Å². The normalized spacial score (nSPS) is 13.2. The number of aliphatic carboxylic acids is 1. The van der Waals surface area contributed by atoms with Gasteiger partial charge in [-0.1, -0.05) is 0 Å². The molecule has 0 spiro atoms. The standard InChI is InChI=1S/C18H17N5O.C2HF3O2/c1-23-11-13(7-16(23)18(24)22-15-4-5-15)14-9-20-17(21-10-14)12-3-2-6-19-8-12;3-2(4,5)1(6)7/h2-3,6-11,15H,4-5H2,1H3,(H,22,24);(H,6,7). The first kappa shape index (κ1) is 21.9. The first-order chi connectivity index (χ1) is 14.6. The van der Waals surface area contributed by atoms with Crippen LogP contribution >= 0.6 is 0 Å². The van der Waals surface area contributed by atoms with Crippen LogP contribution in [0.25, 0.3) is 22.5 Å². The summed E-state index contributed by atoms with van der Waals surface area (Å²) in [5, 5.41) is 10.1. The Labute approximate surface area is 174 Å². The summed E-state index contributed by atoms with van der Waals surface area (Å²) in [6.07, 6.45) is 5.98. The quantitative estimate of drug-likeness (QED) is 0.655. The molecular formula is C20H18F3N5O3. The van der Waals surface area contributed by atoms with Gasteiger partial charge in [-0.15, -0.1) is 0 Å². The first-order valence-electron chi connectivity index (χ1n) is 9.15. The van der Waals surface area contributed by atoms with E-state index >= 15 is 0 Å². The van der Waals surface area contributed by atoms with Gasteiger partial charge in [0, 0.05) is 60.8 Å². The summed E-state index contributed by atoms with van der Waals surface area (Å²) in [4.78, 5) is 34.0. The molecule has 3 heterocycles. The Morgan fingerprint density at radius 2 is 1.77 bits per heavy atom. The molecule has 11 heteroatoms. The van der Waals surface area contributed by atoms with Crippen molar-refractivity contribution in [3.63, 3.8) is 0 Å². The molecule has 0 aliphatic heterocycles. The summed E-state index contributed by atoms with van der Waals surface area (Å²) >= 11 is 0. The molecule has 0 atom stereocenters. The smallest absolute Gasteiger partial charge is 0.475 e. The van der Waals surface area contributed by atoms with Gasteiger partial charge in [-0.25, -0.2) is 14.8 Å². The van der Waals surface area contributed by atoms with E-state index in [0.717, 1.165) is 29.5 Å². The predicted molar refractivity (Wildman–Crippen MR) is 104 cm³/mol. The summed E-state index contributed by atoms with van der Waals surface area (Å²) < 4.78 is 33.6. The number of nitrogens with one attached hydrogen (secondary N) is 1. The fraction of sp³-hybridized carbons (Fsp3) is 0.250. The van der Waals surface area contributed by atoms with Gasteiger partial charge in [-0.2, -0.15) is 13.2 Å². The molecule has 3 aromatic rings. The topological polar surface area (TPSA) is 110 Å². The highest BCUT2D eigenvalue weighted by atomic mass is 19.4. The summed E-state index contributed by atoms with van der Waals surface area (Å²) in [5.74, 6) is -2.15. The number of rotatable bonds is 4. The Kier molecular flexibility index (Phi) is 6.33. The number of halogens is 3. The van der Waals surface area contributed by atoms with Crippen LogP contribution < -0.4 is 5.32 Å². The first-order valence-corrected chi connectivity index (χ1v) is 9.15. The second kappa shape index (κ2) is 8.94. The van der Waals surface area contributed by atoms with Gasteiger partial charge in [-0.3, -0.25) is 9.78 Å². The van der Waals surface area contributed by atoms with Gasteiger partial charge in [0.15, 0.2) is 5.82 Å². The molecule has 0 saturated heterocycles. The van der Waals surface area contributed by atoms with Crippen LogP contribution in [0, 0.1) is 0 Å². The molecular weight excluding hydrogens is 415 g/mol. The van der Waals surface area contributed by atoms with E-state index in [-0.39, 0.29) is 5.91 Å². The van der Waals surface area contributed by atoms with Gasteiger partial charge in [0.1, 0.15) is 5.69 Å². The lowest BCUT2D eigenvalue weighted by atomic mass is 10.1. The van der Waals surface area contributed by atoms with E-state index in [1.807, 2.05) is 36.0 Å². The van der Waals surface area contributed by atoms with Crippen LogP contribution in [-0.2, 0) is 11.8 Å². The molecule has 3 aromatic heterocycles. The monoisotopic (exact) mass is 433 g/mol. The van der Waals surface area contributed by atoms with Crippen molar-refractivity contribution in [2.75, 3.05) is 0 Å². The Hall–Kier alpha value is -3.76. The van der Waals surface area contributed by atoms with Crippen LogP contribution in [0.2, 0.25) is 0 Å². The maximum atomic E-state index is 12.2. The lowest BCUT2D eigenvalue weighted by molar-refractivity contribution is -0.192. The van der Waals surface area contributed by atoms with E-state index in [2.05, 4.69) is 20.3 Å². The zero-order chi connectivity index (χ0) is 22.6. The van der Waals surface area contributed by atoms with E-state index in [9.17, 15) is 18.0 Å². The van der Waals surface area contributed by atoms with E-state index in [0.29, 0.717) is 17.6 Å². The predicted octanol–water partition coefficient (Wildman–Crippen LogP) is 3.07. The Bertz CT molecular complexity index is 1060. The number of carbonyl (C=O) groups is 2. The molecule has 0 aromatic carbocycles. The van der Waals surface area contributed by atoms with Gasteiger partial charge in [-0.05, 0) is 31.0 Å². The van der Waals surface area contributed by atoms with Crippen LogP contribution in [0.15, 0.2) is 49.2 Å². The highest BCUT2D eigenvalue weighted by Crippen LogP contribution is 2.24. The number of aryl methyl sites for hydroxylation is 1. The van der Waals surface area contributed by atoms with Crippen LogP contribution in [0.5, 0.6) is 0 Å². The molecule has 4 rings (SSSR count). The highest BCUT2D eigenvalue weighted by molar-refractivity contribution is 5.94. The summed E-state index contributed by atoms with van der Waals surface area (Å²) in [6.45, 7) is 0. The number of nitrogens with zero attached hydrogens (tertiary/aromatic N) is 4. The molecule has 162 valence electrons. The average molecular weight is 433 g/mol. The molecule has 0 radical (unpaired) electrons. The molecule has 1 saturated carbocycles. The number of carboxylic acids is 1. The van der Waals surface area contributed by atoms with Crippen LogP contribution in [-0.4, -0.2) is 48.7 Å². The lowest BCUT2D eigenvalue weighted by Gasteiger charge is -2.03. The Balaban J connectivity index is 0.000000339. The molecule has 1 aliphatic carbocycles. The SMILES string of the molecule is Cn1cc(-c2cnc(-c3cccnc3)nc2)cc1C(=O)NC1CC1.O=C(O)C(F)(F)F. The number of carboxylic acid groups (broad SMARTS) is 1. The number of amides is 1. The van der Waals surface area contributed by atoms with Crippen molar-refractivity contribution in [2.45, 2.75) is 25.1 Å². The Morgan fingerprint density at radius 3 is 2.29 bits per heavy atom. The van der Waals surface area contributed by atoms with Gasteiger partial charge < -0.3 is 15.0 Å². The molecule has 31 heavy (non-hydrogen) atoms. The Morgan fingerprint density at radius 1 is 1.13 bits per heavy atom. The number of hydrogen-bond acceptors (Lipinski definition) is 5. The van der Waals surface area contributed by atoms with E-state index in [1.165, 1.54) is 0 Å². The average Bonchev–Trinajstić information content (AvgIpc) is 3.46. The summed E-state index contributed by atoms with van der Waals surface area (Å²) in [5.41, 5.74) is 3.33. The zero-order valence-electron chi connectivity index (χ0n) is 16.3. The third-order valence-corrected chi connectivity index (χ3v) is 4.30. The molecule has 8 nitrogen and oxygen atoms in total. The lowest BCUT2D eigenvalue weighted by Crippen LogP contribution is -2.27. The van der Waals surface area contributed by atoms with Gasteiger partial charge >= 0.3 is 12.1 Å². The third kappa shape index (κ3) is 5.87. The van der Waals surface area contributed by atoms with Crippen molar-refractivity contribution >= 4 is 11.9 Å². The third-order valence-electron chi connectivity index (χ3n) is 4.30. The molecule has 1 amide bonds. The minimum Gasteiger partial charge on any atom is -0.475 e. The number of hydrogen-bond donors (Lipinski definition) is 2. The number of carbonyl (C=O) groups excluding carboxylic acids is 1. The van der Waals surface area contributed by atoms with Gasteiger partial charge in [0.05, 0.1) is 0 Å². The molecule has 1 aliphatic rings. The second-order valence-electron chi connectivity index (χ2n) is 6.81. The van der Waals surface area contributed by atoms with Gasteiger partial charge in [0.2, 0.25) is 0 Å². The molecule has 0 bridgehead atoms. The van der Waals surface area contributed by atoms with Crippen molar-refractivity contribution in [2.24, 2.45) is 7.05 Å². The van der Waals surface area contributed by atoms with Crippen molar-refractivity contribution < 1.29 is 27.9 Å². The molecule has 0 unspecified atom stereocenters. The number of alkyl halides is 3. The summed E-state index contributed by atoms with van der Waals surface area (Å²) in [6, 6.07) is 6.00.